The van der Waals surface area contributed by atoms with Gasteiger partial charge in [0, 0.05) is 55.3 Å². The van der Waals surface area contributed by atoms with E-state index in [2.05, 4.69) is 27.4 Å². The minimum Gasteiger partial charge on any atom is -0.392 e. The number of aromatic nitrogens is 3. The van der Waals surface area contributed by atoms with Gasteiger partial charge >= 0.3 is 0 Å². The number of likely N-dealkylation sites (N-methyl/N-ethyl adjacent to an activating group) is 1. The van der Waals surface area contributed by atoms with Gasteiger partial charge in [-0.2, -0.15) is 5.10 Å². The molecule has 0 atom stereocenters. The highest BCUT2D eigenvalue weighted by Gasteiger charge is 2.30. The van der Waals surface area contributed by atoms with Crippen molar-refractivity contribution >= 4 is 23.1 Å². The van der Waals surface area contributed by atoms with Gasteiger partial charge < -0.3 is 24.8 Å². The topological polar surface area (TPSA) is 95.6 Å². The standard InChI is InChI=1S/C32H36N6O3/c1-35(2)15-16-37-13-12-30(34-37)33-28-18-24(19-36(3)32(28)41)25-5-4-6-29(27(25)20-39)38-14-11-23-17-22(21-7-8-21)9-10-26(23)31(38)40/h4-6,9-10,12-13,17-19,21,39H,7-8,11,14-16,20H2,1-3H3,(H,33,34). The fraction of sp³-hybridized carbons (Fsp3) is 0.344. The van der Waals surface area contributed by atoms with E-state index in [-0.39, 0.29) is 18.1 Å². The van der Waals surface area contributed by atoms with Crippen molar-refractivity contribution in [3.63, 3.8) is 0 Å². The molecule has 4 aromatic rings. The van der Waals surface area contributed by atoms with Crippen LogP contribution in [0.25, 0.3) is 11.1 Å². The molecule has 1 saturated carbocycles. The molecule has 1 amide bonds. The van der Waals surface area contributed by atoms with E-state index in [1.54, 1.807) is 24.2 Å². The van der Waals surface area contributed by atoms with Crippen molar-refractivity contribution in [2.75, 3.05) is 37.4 Å². The molecule has 9 heteroatoms. The number of hydrogen-bond acceptors (Lipinski definition) is 6. The Kier molecular flexibility index (Phi) is 7.23. The summed E-state index contributed by atoms with van der Waals surface area (Å²) in [7, 11) is 5.73. The number of rotatable bonds is 9. The Morgan fingerprint density at radius 2 is 1.90 bits per heavy atom. The molecular weight excluding hydrogens is 516 g/mol. The van der Waals surface area contributed by atoms with Gasteiger partial charge in [0.05, 0.1) is 18.8 Å². The van der Waals surface area contributed by atoms with Crippen LogP contribution in [0, 0.1) is 0 Å². The molecule has 9 nitrogen and oxygen atoms in total. The zero-order valence-corrected chi connectivity index (χ0v) is 23.8. The summed E-state index contributed by atoms with van der Waals surface area (Å²) in [5, 5.41) is 18.3. The molecule has 0 unspecified atom stereocenters. The zero-order valence-electron chi connectivity index (χ0n) is 23.8. The lowest BCUT2D eigenvalue weighted by atomic mass is 9.93. The predicted octanol–water partition coefficient (Wildman–Crippen LogP) is 4.13. The average molecular weight is 553 g/mol. The molecule has 1 aliphatic heterocycles. The molecule has 2 aliphatic rings. The summed E-state index contributed by atoms with van der Waals surface area (Å²) >= 11 is 0. The summed E-state index contributed by atoms with van der Waals surface area (Å²) in [4.78, 5) is 30.5. The van der Waals surface area contributed by atoms with E-state index in [0.717, 1.165) is 41.8 Å². The number of aliphatic hydroxyl groups is 1. The normalized spacial score (nSPS) is 15.0. The van der Waals surface area contributed by atoms with E-state index in [4.69, 9.17) is 0 Å². The number of fused-ring (bicyclic) bond motifs is 1. The molecule has 0 spiro atoms. The zero-order chi connectivity index (χ0) is 28.7. The monoisotopic (exact) mass is 552 g/mol. The largest absolute Gasteiger partial charge is 0.392 e. The Hall–Kier alpha value is -4.21. The van der Waals surface area contributed by atoms with Gasteiger partial charge in [-0.3, -0.25) is 14.3 Å². The van der Waals surface area contributed by atoms with Gasteiger partial charge in [-0.15, -0.1) is 0 Å². The molecule has 2 aromatic carbocycles. The molecule has 0 bridgehead atoms. The Balaban J connectivity index is 1.31. The van der Waals surface area contributed by atoms with E-state index in [1.807, 2.05) is 55.3 Å². The number of hydrogen-bond donors (Lipinski definition) is 2. The number of carbonyl (C=O) groups is 1. The van der Waals surface area contributed by atoms with E-state index < -0.39 is 0 Å². The molecule has 2 aromatic heterocycles. The van der Waals surface area contributed by atoms with Crippen LogP contribution in [0.15, 0.2) is 65.7 Å². The first kappa shape index (κ1) is 27.0. The highest BCUT2D eigenvalue weighted by Crippen LogP contribution is 2.41. The van der Waals surface area contributed by atoms with Gasteiger partial charge in [-0.25, -0.2) is 0 Å². The summed E-state index contributed by atoms with van der Waals surface area (Å²) in [6.45, 7) is 1.89. The Morgan fingerprint density at radius 1 is 1.07 bits per heavy atom. The van der Waals surface area contributed by atoms with Crippen molar-refractivity contribution in [1.82, 2.24) is 19.2 Å². The maximum absolute atomic E-state index is 13.6. The number of benzene rings is 2. The minimum atomic E-state index is -0.245. The maximum atomic E-state index is 13.6. The molecule has 6 rings (SSSR count). The Labute approximate surface area is 239 Å². The van der Waals surface area contributed by atoms with Crippen LogP contribution in [0.4, 0.5) is 17.2 Å². The predicted molar refractivity (Wildman–Crippen MR) is 161 cm³/mol. The molecule has 1 fully saturated rings. The third kappa shape index (κ3) is 5.42. The number of aryl methyl sites for hydroxylation is 1. The number of amides is 1. The van der Waals surface area contributed by atoms with Gasteiger partial charge in [-0.1, -0.05) is 24.3 Å². The molecule has 0 radical (unpaired) electrons. The maximum Gasteiger partial charge on any atom is 0.274 e. The van der Waals surface area contributed by atoms with E-state index in [1.165, 1.54) is 23.0 Å². The minimum absolute atomic E-state index is 0.0480. The lowest BCUT2D eigenvalue weighted by Gasteiger charge is -2.31. The van der Waals surface area contributed by atoms with Crippen LogP contribution in [0.5, 0.6) is 0 Å². The van der Waals surface area contributed by atoms with Crippen LogP contribution in [-0.4, -0.2) is 57.4 Å². The first-order chi connectivity index (χ1) is 19.8. The SMILES string of the molecule is CN(C)CCn1ccc(Nc2cc(-c3cccc(N4CCc5cc(C6CC6)ccc5C4=O)c3CO)cn(C)c2=O)n1. The van der Waals surface area contributed by atoms with Crippen molar-refractivity contribution < 1.29 is 9.90 Å². The lowest BCUT2D eigenvalue weighted by Crippen LogP contribution is -2.38. The van der Waals surface area contributed by atoms with Gasteiger partial charge in [0.25, 0.3) is 11.5 Å². The van der Waals surface area contributed by atoms with Crippen molar-refractivity contribution in [1.29, 1.82) is 0 Å². The second-order valence-corrected chi connectivity index (χ2v) is 11.3. The summed E-state index contributed by atoms with van der Waals surface area (Å²) in [5.41, 5.74) is 6.23. The average Bonchev–Trinajstić information content (AvgIpc) is 3.73. The highest BCUT2D eigenvalue weighted by atomic mass is 16.3. The molecule has 0 saturated heterocycles. The van der Waals surface area contributed by atoms with Gasteiger partial charge in [0.2, 0.25) is 0 Å². The Bertz CT molecular complexity index is 1670. The van der Waals surface area contributed by atoms with Crippen LogP contribution in [-0.2, 0) is 26.6 Å². The van der Waals surface area contributed by atoms with Crippen LogP contribution < -0.4 is 15.8 Å². The first-order valence-corrected chi connectivity index (χ1v) is 14.2. The fourth-order valence-electron chi connectivity index (χ4n) is 5.61. The number of carbonyl (C=O) groups excluding carboxylic acids is 1. The Morgan fingerprint density at radius 3 is 2.66 bits per heavy atom. The van der Waals surface area contributed by atoms with Crippen molar-refractivity contribution in [2.45, 2.75) is 38.3 Å². The lowest BCUT2D eigenvalue weighted by molar-refractivity contribution is 0.0980. The number of nitrogens with zero attached hydrogens (tertiary/aromatic N) is 5. The molecule has 2 N–H and O–H groups in total. The quantitative estimate of drug-likeness (QED) is 0.324. The number of pyridine rings is 1. The third-order valence-electron chi connectivity index (χ3n) is 8.03. The number of nitrogens with one attached hydrogen (secondary N) is 1. The van der Waals surface area contributed by atoms with Crippen LogP contribution in [0.3, 0.4) is 0 Å². The molecule has 1 aliphatic carbocycles. The third-order valence-corrected chi connectivity index (χ3v) is 8.03. The van der Waals surface area contributed by atoms with Gasteiger partial charge in [0.1, 0.15) is 5.69 Å². The van der Waals surface area contributed by atoms with Gasteiger partial charge in [-0.05, 0) is 74.2 Å². The second-order valence-electron chi connectivity index (χ2n) is 11.3. The van der Waals surface area contributed by atoms with Crippen molar-refractivity contribution in [3.05, 3.63) is 93.5 Å². The van der Waals surface area contributed by atoms with Crippen LogP contribution in [0.2, 0.25) is 0 Å². The molecular formula is C32H36N6O3. The molecule has 41 heavy (non-hydrogen) atoms. The van der Waals surface area contributed by atoms with E-state index in [9.17, 15) is 14.7 Å². The van der Waals surface area contributed by atoms with Crippen molar-refractivity contribution in [2.24, 2.45) is 7.05 Å². The first-order valence-electron chi connectivity index (χ1n) is 14.2. The molecule has 3 heterocycles. The van der Waals surface area contributed by atoms with E-state index in [0.29, 0.717) is 35.2 Å². The number of aliphatic hydroxyl groups excluding tert-OH is 1. The summed E-state index contributed by atoms with van der Waals surface area (Å²) in [6, 6.07) is 15.6. The van der Waals surface area contributed by atoms with Gasteiger partial charge in [0.15, 0.2) is 5.82 Å². The summed E-state index contributed by atoms with van der Waals surface area (Å²) in [5.74, 6) is 1.18. The van der Waals surface area contributed by atoms with Crippen LogP contribution >= 0.6 is 0 Å². The van der Waals surface area contributed by atoms with E-state index >= 15 is 0 Å². The molecule has 212 valence electrons. The van der Waals surface area contributed by atoms with Crippen molar-refractivity contribution in [3.8, 4) is 11.1 Å². The summed E-state index contributed by atoms with van der Waals surface area (Å²) in [6.07, 6.45) is 6.87. The fourth-order valence-corrected chi connectivity index (χ4v) is 5.61. The highest BCUT2D eigenvalue weighted by molar-refractivity contribution is 6.09. The van der Waals surface area contributed by atoms with Crippen LogP contribution in [0.1, 0.15) is 45.8 Å². The smallest absolute Gasteiger partial charge is 0.274 e. The number of anilines is 3. The second kappa shape index (κ2) is 11.0. The summed E-state index contributed by atoms with van der Waals surface area (Å²) < 4.78 is 3.36.